The number of nitriles is 1. The van der Waals surface area contributed by atoms with E-state index in [1.807, 2.05) is 24.3 Å². The maximum Gasteiger partial charge on any atom is 0.312 e. The van der Waals surface area contributed by atoms with Crippen LogP contribution >= 0.6 is 0 Å². The molecule has 0 spiro atoms. The average molecular weight is 365 g/mol. The molecular weight excluding hydrogens is 346 g/mol. The van der Waals surface area contributed by atoms with Gasteiger partial charge in [0.15, 0.2) is 0 Å². The molecule has 3 rings (SSSR count). The topological polar surface area (TPSA) is 96.6 Å². The maximum atomic E-state index is 12.4. The number of ether oxygens (including phenoxy) is 2. The predicted octanol–water partition coefficient (Wildman–Crippen LogP) is 3.94. The molecule has 0 bridgehead atoms. The van der Waals surface area contributed by atoms with Gasteiger partial charge in [0, 0.05) is 5.56 Å². The van der Waals surface area contributed by atoms with Crippen LogP contribution in [-0.4, -0.2) is 17.0 Å². The van der Waals surface area contributed by atoms with E-state index >= 15 is 0 Å². The minimum atomic E-state index is -1.14. The first-order valence-corrected chi connectivity index (χ1v) is 8.50. The summed E-state index contributed by atoms with van der Waals surface area (Å²) in [5, 5.41) is 18.6. The minimum absolute atomic E-state index is 0.463. The smallest absolute Gasteiger partial charge is 0.312 e. The molecule has 6 nitrogen and oxygen atoms in total. The zero-order valence-electron chi connectivity index (χ0n) is 15.0. The lowest BCUT2D eigenvalue weighted by Gasteiger charge is -2.13. The summed E-state index contributed by atoms with van der Waals surface area (Å²) in [6.45, 7) is 3.40. The van der Waals surface area contributed by atoms with Crippen LogP contribution in [0.2, 0.25) is 0 Å². The summed E-state index contributed by atoms with van der Waals surface area (Å²) in [7, 11) is 0. The fourth-order valence-corrected chi connectivity index (χ4v) is 3.26. The Hall–Kier alpha value is -3.33. The van der Waals surface area contributed by atoms with Crippen LogP contribution in [0.3, 0.4) is 0 Å². The van der Waals surface area contributed by atoms with Crippen LogP contribution in [0.5, 0.6) is 11.5 Å². The Morgan fingerprint density at radius 2 is 1.74 bits per heavy atom. The van der Waals surface area contributed by atoms with Crippen molar-refractivity contribution in [1.82, 2.24) is 0 Å². The molecule has 6 heteroatoms. The second-order valence-corrected chi connectivity index (χ2v) is 7.05. The zero-order chi connectivity index (χ0) is 19.6. The van der Waals surface area contributed by atoms with Crippen LogP contribution in [0.25, 0.3) is 0 Å². The first-order chi connectivity index (χ1) is 12.8. The summed E-state index contributed by atoms with van der Waals surface area (Å²) >= 11 is 0. The van der Waals surface area contributed by atoms with E-state index in [2.05, 4.69) is 0 Å². The zero-order valence-corrected chi connectivity index (χ0v) is 15.0. The average Bonchev–Trinajstić information content (AvgIpc) is 3.23. The van der Waals surface area contributed by atoms with Gasteiger partial charge < -0.3 is 14.6 Å². The van der Waals surface area contributed by atoms with Crippen molar-refractivity contribution in [2.24, 2.45) is 17.3 Å². The second kappa shape index (κ2) is 7.12. The number of rotatable bonds is 6. The molecule has 2 aromatic rings. The lowest BCUT2D eigenvalue weighted by molar-refractivity contribution is -0.151. The molecular formula is C21H19NO5. The molecule has 1 N–H and O–H groups in total. The molecule has 1 fully saturated rings. The number of esters is 1. The van der Waals surface area contributed by atoms with Gasteiger partial charge in [-0.05, 0) is 29.7 Å². The van der Waals surface area contributed by atoms with Crippen molar-refractivity contribution in [1.29, 1.82) is 5.26 Å². The minimum Gasteiger partial charge on any atom is -0.481 e. The monoisotopic (exact) mass is 365 g/mol. The van der Waals surface area contributed by atoms with Gasteiger partial charge in [-0.1, -0.05) is 44.2 Å². The van der Waals surface area contributed by atoms with Gasteiger partial charge in [-0.25, -0.2) is 0 Å². The number of carbonyl (C=O) groups is 2. The number of carbonyl (C=O) groups excluding carboxylic acids is 1. The quantitative estimate of drug-likeness (QED) is 0.779. The van der Waals surface area contributed by atoms with Crippen LogP contribution < -0.4 is 4.74 Å². The first-order valence-electron chi connectivity index (χ1n) is 8.50. The lowest BCUT2D eigenvalue weighted by Crippen LogP contribution is -2.15. The Balaban J connectivity index is 1.73. The molecule has 0 amide bonds. The van der Waals surface area contributed by atoms with Gasteiger partial charge in [0.2, 0.25) is 6.10 Å². The fraction of sp³-hybridized carbons (Fsp3) is 0.286. The summed E-state index contributed by atoms with van der Waals surface area (Å²) in [6.07, 6.45) is -1.14. The Bertz CT molecular complexity index is 900. The molecule has 0 aliphatic heterocycles. The number of carboxylic acid groups (broad SMARTS) is 1. The van der Waals surface area contributed by atoms with Crippen LogP contribution in [0.15, 0.2) is 54.6 Å². The van der Waals surface area contributed by atoms with Crippen molar-refractivity contribution in [2.45, 2.75) is 20.0 Å². The van der Waals surface area contributed by atoms with Crippen molar-refractivity contribution in [3.63, 3.8) is 0 Å². The highest BCUT2D eigenvalue weighted by molar-refractivity contribution is 5.88. The van der Waals surface area contributed by atoms with E-state index in [4.69, 9.17) is 9.47 Å². The van der Waals surface area contributed by atoms with Crippen molar-refractivity contribution >= 4 is 11.9 Å². The maximum absolute atomic E-state index is 12.4. The molecule has 3 atom stereocenters. The summed E-state index contributed by atoms with van der Waals surface area (Å²) in [5.41, 5.74) is -0.217. The Morgan fingerprint density at radius 3 is 2.33 bits per heavy atom. The highest BCUT2D eigenvalue weighted by Gasteiger charge is 2.67. The van der Waals surface area contributed by atoms with Gasteiger partial charge in [0.25, 0.3) is 0 Å². The van der Waals surface area contributed by atoms with Crippen molar-refractivity contribution in [2.75, 3.05) is 0 Å². The number of para-hydroxylation sites is 1. The van der Waals surface area contributed by atoms with Crippen molar-refractivity contribution in [3.8, 4) is 17.6 Å². The number of nitrogens with zero attached hydrogens (tertiary/aromatic N) is 1. The molecule has 0 radical (unpaired) electrons. The third kappa shape index (κ3) is 3.77. The summed E-state index contributed by atoms with van der Waals surface area (Å²) in [6, 6.07) is 17.8. The number of carboxylic acids is 1. The lowest BCUT2D eigenvalue weighted by atomic mass is 10.1. The third-order valence-corrected chi connectivity index (χ3v) is 4.84. The van der Waals surface area contributed by atoms with Crippen molar-refractivity contribution in [3.05, 3.63) is 60.2 Å². The van der Waals surface area contributed by atoms with E-state index < -0.39 is 35.3 Å². The number of hydrogen-bond donors (Lipinski definition) is 1. The Kier molecular flexibility index (Phi) is 4.87. The molecule has 0 aromatic heterocycles. The number of aliphatic carboxylic acids is 1. The van der Waals surface area contributed by atoms with Crippen LogP contribution in [-0.2, 0) is 14.3 Å². The van der Waals surface area contributed by atoms with Gasteiger partial charge in [-0.2, -0.15) is 5.26 Å². The third-order valence-electron chi connectivity index (χ3n) is 4.84. The van der Waals surface area contributed by atoms with Crippen LogP contribution in [0, 0.1) is 28.6 Å². The Labute approximate surface area is 157 Å². The van der Waals surface area contributed by atoms with E-state index in [1.54, 1.807) is 50.2 Å². The Morgan fingerprint density at radius 1 is 1.07 bits per heavy atom. The van der Waals surface area contributed by atoms with Gasteiger partial charge in [-0.3, -0.25) is 9.59 Å². The largest absolute Gasteiger partial charge is 0.481 e. The molecule has 2 aromatic carbocycles. The SMILES string of the molecule is CC1(C)C(C(=O)O)C1C(=O)O[C@@H](C#N)c1cccc(Oc2ccccc2)c1. The molecule has 1 aliphatic carbocycles. The second-order valence-electron chi connectivity index (χ2n) is 7.05. The molecule has 0 saturated heterocycles. The van der Waals surface area contributed by atoms with E-state index in [-0.39, 0.29) is 0 Å². The number of hydrogen-bond acceptors (Lipinski definition) is 5. The van der Waals surface area contributed by atoms with E-state index in [1.165, 1.54) is 0 Å². The van der Waals surface area contributed by atoms with Crippen LogP contribution in [0.4, 0.5) is 0 Å². The van der Waals surface area contributed by atoms with Crippen molar-refractivity contribution < 1.29 is 24.2 Å². The summed E-state index contributed by atoms with van der Waals surface area (Å²) < 4.78 is 11.0. The molecule has 1 saturated carbocycles. The standard InChI is InChI=1S/C21H19NO5/c1-21(2)17(19(23)24)18(21)20(25)27-16(12-22)13-7-6-10-15(11-13)26-14-8-4-3-5-9-14/h3-11,16-18H,1-2H3,(H,23,24)/t16-,17?,18?/m0/s1. The van der Waals surface area contributed by atoms with E-state index in [0.717, 1.165) is 0 Å². The highest BCUT2D eigenvalue weighted by atomic mass is 16.5. The van der Waals surface area contributed by atoms with Gasteiger partial charge in [0.05, 0.1) is 11.8 Å². The fourth-order valence-electron chi connectivity index (χ4n) is 3.26. The van der Waals surface area contributed by atoms with E-state index in [9.17, 15) is 20.0 Å². The number of benzene rings is 2. The summed E-state index contributed by atoms with van der Waals surface area (Å²) in [5.74, 6) is -2.11. The van der Waals surface area contributed by atoms with E-state index in [0.29, 0.717) is 17.1 Å². The molecule has 2 unspecified atom stereocenters. The summed E-state index contributed by atoms with van der Waals surface area (Å²) in [4.78, 5) is 23.6. The molecule has 27 heavy (non-hydrogen) atoms. The normalized spacial score (nSPS) is 20.8. The van der Waals surface area contributed by atoms with Crippen LogP contribution in [0.1, 0.15) is 25.5 Å². The predicted molar refractivity (Wildman–Crippen MR) is 95.8 cm³/mol. The molecule has 1 aliphatic rings. The van der Waals surface area contributed by atoms with Gasteiger partial charge in [0.1, 0.15) is 17.6 Å². The first kappa shape index (κ1) is 18.5. The van der Waals surface area contributed by atoms with Gasteiger partial charge >= 0.3 is 11.9 Å². The molecule has 138 valence electrons. The highest BCUT2D eigenvalue weighted by Crippen LogP contribution is 2.59. The molecule has 0 heterocycles. The van der Waals surface area contributed by atoms with Gasteiger partial charge in [-0.15, -0.1) is 0 Å².